The highest BCUT2D eigenvalue weighted by molar-refractivity contribution is 5.97. The molecule has 0 saturated carbocycles. The van der Waals surface area contributed by atoms with Crippen molar-refractivity contribution in [1.82, 2.24) is 0 Å². The van der Waals surface area contributed by atoms with Gasteiger partial charge >= 0.3 is 11.9 Å². The maximum absolute atomic E-state index is 13.3. The third-order valence-corrected chi connectivity index (χ3v) is 12.1. The van der Waals surface area contributed by atoms with Crippen LogP contribution in [0.1, 0.15) is 54.1 Å². The molecule has 0 amide bonds. The van der Waals surface area contributed by atoms with Crippen LogP contribution >= 0.6 is 0 Å². The highest BCUT2D eigenvalue weighted by Gasteiger charge is 2.50. The highest BCUT2D eigenvalue weighted by atomic mass is 16.6. The number of hydrogen-bond acceptors (Lipinski definition) is 12. The first-order valence-corrected chi connectivity index (χ1v) is 21.5. The normalized spacial score (nSPS) is 23.8. The molecule has 0 radical (unpaired) electrons. The van der Waals surface area contributed by atoms with Crippen molar-refractivity contribution in [3.63, 3.8) is 0 Å². The molecule has 5 atom stereocenters. The number of fused-ring (bicyclic) bond motifs is 2. The van der Waals surface area contributed by atoms with Crippen molar-refractivity contribution in [3.8, 4) is 23.0 Å². The van der Waals surface area contributed by atoms with E-state index < -0.39 is 17.3 Å². The Kier molecular flexibility index (Phi) is 10.5. The van der Waals surface area contributed by atoms with Gasteiger partial charge in [0.2, 0.25) is 0 Å². The molecule has 5 aliphatic heterocycles. The maximum Gasteiger partial charge on any atom is 0.340 e. The fourth-order valence-electron chi connectivity index (χ4n) is 8.41. The second kappa shape index (κ2) is 16.8. The van der Waals surface area contributed by atoms with Crippen LogP contribution in [-0.2, 0) is 39.6 Å². The highest BCUT2D eigenvalue weighted by Crippen LogP contribution is 2.49. The number of ether oxygens (including phenoxy) is 10. The van der Waals surface area contributed by atoms with Gasteiger partial charge in [-0.15, -0.1) is 0 Å². The summed E-state index contributed by atoms with van der Waals surface area (Å²) in [6, 6.07) is 45.4. The summed E-state index contributed by atoms with van der Waals surface area (Å²) in [6.07, 6.45) is -0.121. The average molecular weight is 861 g/mol. The molecule has 3 saturated heterocycles. The van der Waals surface area contributed by atoms with E-state index in [-0.39, 0.29) is 43.5 Å². The molecular formula is C52H44O12. The van der Waals surface area contributed by atoms with E-state index >= 15 is 0 Å². The van der Waals surface area contributed by atoms with E-state index in [4.69, 9.17) is 47.4 Å². The van der Waals surface area contributed by atoms with Crippen molar-refractivity contribution >= 4 is 11.9 Å². The van der Waals surface area contributed by atoms with E-state index in [0.29, 0.717) is 73.8 Å². The van der Waals surface area contributed by atoms with Crippen molar-refractivity contribution in [2.24, 2.45) is 0 Å². The summed E-state index contributed by atoms with van der Waals surface area (Å²) in [5.41, 5.74) is 3.35. The molecule has 324 valence electrons. The van der Waals surface area contributed by atoms with E-state index in [1.807, 2.05) is 133 Å². The van der Waals surface area contributed by atoms with Gasteiger partial charge < -0.3 is 47.4 Å². The number of cyclic esters (lactones) is 2. The van der Waals surface area contributed by atoms with Crippen LogP contribution in [0.4, 0.5) is 0 Å². The third kappa shape index (κ3) is 7.94. The predicted molar refractivity (Wildman–Crippen MR) is 230 cm³/mol. The number of hydrogen-bond donors (Lipinski definition) is 0. The lowest BCUT2D eigenvalue weighted by atomic mass is 9.80. The van der Waals surface area contributed by atoms with Crippen molar-refractivity contribution in [2.45, 2.75) is 35.6 Å². The van der Waals surface area contributed by atoms with Crippen molar-refractivity contribution in [3.05, 3.63) is 190 Å². The molecule has 6 aromatic rings. The number of rotatable bonds is 19. The topological polar surface area (TPSA) is 136 Å². The maximum atomic E-state index is 13.3. The van der Waals surface area contributed by atoms with Crippen LogP contribution in [0.2, 0.25) is 0 Å². The molecule has 5 aliphatic rings. The lowest BCUT2D eigenvalue weighted by molar-refractivity contribution is -0.0131. The van der Waals surface area contributed by atoms with Gasteiger partial charge in [0.05, 0.1) is 37.6 Å². The zero-order chi connectivity index (χ0) is 43.1. The fraction of sp³-hybridized carbons (Fsp3) is 0.269. The van der Waals surface area contributed by atoms with Crippen LogP contribution in [0.15, 0.2) is 146 Å². The predicted octanol–water partition coefficient (Wildman–Crippen LogP) is 7.41. The molecule has 0 spiro atoms. The molecule has 64 heavy (non-hydrogen) atoms. The largest absolute Gasteiger partial charge is 0.491 e. The molecule has 6 aromatic carbocycles. The SMILES string of the molecule is O=C1OC(c2ccc(OCC(COc3ccc(C4(c5ccc(OCC6CO6)cc5)OC(=O)c5ccccc54)cc3)OCC3CO3)cc2)(c2ccc(OCC3CO3)cc2)c2ccccc21. The van der Waals surface area contributed by atoms with Gasteiger partial charge in [0.1, 0.15) is 73.8 Å². The Labute approximate surface area is 369 Å². The Balaban J connectivity index is 0.792. The molecule has 5 unspecified atom stereocenters. The van der Waals surface area contributed by atoms with Crippen LogP contribution in [0.25, 0.3) is 0 Å². The van der Waals surface area contributed by atoms with Gasteiger partial charge in [-0.25, -0.2) is 9.59 Å². The standard InChI is InChI=1S/C52H44O12/c53-49-45-5-1-3-7-47(45)51(63-49,35-13-21-39(22-14-35)57-27-42-29-60-42)33-9-17-37(18-10-33)55-25-41(59-31-44-32-62-44)26-56-38-19-11-34(12-20-38)52(48-8-4-2-6-46(48)50(54)64-52)36-15-23-40(24-16-36)58-28-43-30-61-43/h1-24,41-44H,25-32H2. The quantitative estimate of drug-likeness (QED) is 0.0593. The van der Waals surface area contributed by atoms with Gasteiger partial charge in [0.25, 0.3) is 0 Å². The van der Waals surface area contributed by atoms with E-state index in [9.17, 15) is 9.59 Å². The molecule has 0 aromatic heterocycles. The molecule has 0 aliphatic carbocycles. The zero-order valence-electron chi connectivity index (χ0n) is 34.7. The number of epoxide rings is 3. The van der Waals surface area contributed by atoms with E-state index in [2.05, 4.69) is 0 Å². The smallest absolute Gasteiger partial charge is 0.340 e. The Bertz CT molecular complexity index is 2460. The summed E-state index contributed by atoms with van der Waals surface area (Å²) >= 11 is 0. The van der Waals surface area contributed by atoms with Gasteiger partial charge in [-0.1, -0.05) is 84.9 Å². The molecular weight excluding hydrogens is 817 g/mol. The van der Waals surface area contributed by atoms with Gasteiger partial charge in [-0.3, -0.25) is 0 Å². The molecule has 0 N–H and O–H groups in total. The second-order valence-electron chi connectivity index (χ2n) is 16.4. The number of carbonyl (C=O) groups excluding carboxylic acids is 2. The van der Waals surface area contributed by atoms with Crippen molar-refractivity contribution in [2.75, 3.05) is 52.9 Å². The van der Waals surface area contributed by atoms with Crippen molar-refractivity contribution in [1.29, 1.82) is 0 Å². The van der Waals surface area contributed by atoms with Crippen LogP contribution in [-0.4, -0.2) is 89.2 Å². The number of benzene rings is 6. The summed E-state index contributed by atoms with van der Waals surface area (Å²) < 4.78 is 59.2. The summed E-state index contributed by atoms with van der Waals surface area (Å²) in [5, 5.41) is 0. The van der Waals surface area contributed by atoms with Gasteiger partial charge in [0, 0.05) is 33.4 Å². The van der Waals surface area contributed by atoms with Crippen LogP contribution < -0.4 is 18.9 Å². The second-order valence-corrected chi connectivity index (χ2v) is 16.4. The van der Waals surface area contributed by atoms with Gasteiger partial charge in [-0.2, -0.15) is 0 Å². The first-order chi connectivity index (χ1) is 31.4. The Morgan fingerprint density at radius 1 is 0.438 bits per heavy atom. The Morgan fingerprint density at radius 2 is 0.766 bits per heavy atom. The lowest BCUT2D eigenvalue weighted by Gasteiger charge is -2.30. The minimum absolute atomic E-state index is 0.0446. The van der Waals surface area contributed by atoms with Crippen molar-refractivity contribution < 1.29 is 57.0 Å². The molecule has 12 nitrogen and oxygen atoms in total. The lowest BCUT2D eigenvalue weighted by Crippen LogP contribution is -2.31. The molecule has 12 heteroatoms. The first-order valence-electron chi connectivity index (χ1n) is 21.5. The average Bonchev–Trinajstić information content (AvgIpc) is 4.24. The summed E-state index contributed by atoms with van der Waals surface area (Å²) in [7, 11) is 0. The Morgan fingerprint density at radius 3 is 1.12 bits per heavy atom. The summed E-state index contributed by atoms with van der Waals surface area (Å²) in [6.45, 7) is 3.86. The zero-order valence-corrected chi connectivity index (χ0v) is 34.7. The molecule has 3 fully saturated rings. The number of esters is 2. The first kappa shape index (κ1) is 40.1. The third-order valence-electron chi connectivity index (χ3n) is 12.1. The van der Waals surface area contributed by atoms with Gasteiger partial charge in [0.15, 0.2) is 11.2 Å². The minimum atomic E-state index is -1.17. The van der Waals surface area contributed by atoms with E-state index in [1.54, 1.807) is 12.1 Å². The summed E-state index contributed by atoms with van der Waals surface area (Å²) in [5.74, 6) is 1.86. The summed E-state index contributed by atoms with van der Waals surface area (Å²) in [4.78, 5) is 26.6. The Hall–Kier alpha value is -6.70. The van der Waals surface area contributed by atoms with Crippen LogP contribution in [0.3, 0.4) is 0 Å². The minimum Gasteiger partial charge on any atom is -0.491 e. The van der Waals surface area contributed by atoms with Gasteiger partial charge in [-0.05, 0) is 60.7 Å². The molecule has 11 rings (SSSR count). The van der Waals surface area contributed by atoms with E-state index in [1.165, 1.54) is 0 Å². The van der Waals surface area contributed by atoms with E-state index in [0.717, 1.165) is 33.4 Å². The molecule has 0 bridgehead atoms. The fourth-order valence-corrected chi connectivity index (χ4v) is 8.41. The monoisotopic (exact) mass is 860 g/mol. The molecule has 5 heterocycles. The number of carbonyl (C=O) groups is 2. The van der Waals surface area contributed by atoms with Crippen LogP contribution in [0, 0.1) is 0 Å². The van der Waals surface area contributed by atoms with Crippen LogP contribution in [0.5, 0.6) is 23.0 Å².